The highest BCUT2D eigenvalue weighted by Gasteiger charge is 2.28. The lowest BCUT2D eigenvalue weighted by Gasteiger charge is -2.34. The van der Waals surface area contributed by atoms with Gasteiger partial charge in [0, 0.05) is 38.3 Å². The van der Waals surface area contributed by atoms with E-state index in [0.717, 1.165) is 50.6 Å². The van der Waals surface area contributed by atoms with Crippen LogP contribution in [0.1, 0.15) is 18.6 Å². The number of urea groups is 1. The van der Waals surface area contributed by atoms with E-state index in [4.69, 9.17) is 4.52 Å². The van der Waals surface area contributed by atoms with Crippen LogP contribution >= 0.6 is 0 Å². The van der Waals surface area contributed by atoms with Crippen molar-refractivity contribution >= 4 is 11.8 Å². The van der Waals surface area contributed by atoms with Crippen LogP contribution in [0, 0.1) is 6.92 Å². The van der Waals surface area contributed by atoms with Gasteiger partial charge in [0.25, 0.3) is 0 Å². The third kappa shape index (κ3) is 2.42. The number of piperazine rings is 1. The van der Waals surface area contributed by atoms with Gasteiger partial charge in [0.2, 0.25) is 0 Å². The summed E-state index contributed by atoms with van der Waals surface area (Å²) in [4.78, 5) is 15.9. The first-order valence-electron chi connectivity index (χ1n) is 6.46. The van der Waals surface area contributed by atoms with E-state index in [2.05, 4.69) is 15.4 Å². The molecule has 18 heavy (non-hydrogen) atoms. The van der Waals surface area contributed by atoms with Gasteiger partial charge in [0.05, 0.1) is 0 Å². The molecule has 0 atom stereocenters. The van der Waals surface area contributed by atoms with E-state index < -0.39 is 0 Å². The molecule has 3 rings (SSSR count). The largest absolute Gasteiger partial charge is 0.360 e. The Labute approximate surface area is 106 Å². The van der Waals surface area contributed by atoms with Crippen LogP contribution in [0.3, 0.4) is 0 Å². The summed E-state index contributed by atoms with van der Waals surface area (Å²) in [5, 5.41) is 7.02. The van der Waals surface area contributed by atoms with Crippen LogP contribution in [0.15, 0.2) is 10.6 Å². The quantitative estimate of drug-likeness (QED) is 0.850. The standard InChI is InChI=1S/C12H18N4O2/c1-9-8-11(14-18-9)15-4-6-16(7-5-15)12(17)13-10-2-3-10/h8,10H,2-7H2,1H3,(H,13,17). The summed E-state index contributed by atoms with van der Waals surface area (Å²) in [6.07, 6.45) is 2.26. The maximum absolute atomic E-state index is 11.9. The molecule has 1 aromatic heterocycles. The molecule has 98 valence electrons. The van der Waals surface area contributed by atoms with Crippen LogP contribution in [0.4, 0.5) is 10.6 Å². The predicted molar refractivity (Wildman–Crippen MR) is 66.6 cm³/mol. The average Bonchev–Trinajstić information content (AvgIpc) is 3.09. The maximum Gasteiger partial charge on any atom is 0.317 e. The number of aromatic nitrogens is 1. The zero-order valence-corrected chi connectivity index (χ0v) is 10.6. The molecule has 6 heteroatoms. The number of aryl methyl sites for hydroxylation is 1. The van der Waals surface area contributed by atoms with Gasteiger partial charge in [-0.05, 0) is 19.8 Å². The summed E-state index contributed by atoms with van der Waals surface area (Å²) >= 11 is 0. The molecule has 2 fully saturated rings. The second kappa shape index (κ2) is 4.51. The van der Waals surface area contributed by atoms with Crippen LogP contribution in [0.5, 0.6) is 0 Å². The van der Waals surface area contributed by atoms with Gasteiger partial charge >= 0.3 is 6.03 Å². The summed E-state index contributed by atoms with van der Waals surface area (Å²) in [6.45, 7) is 4.98. The van der Waals surface area contributed by atoms with Crippen molar-refractivity contribution in [3.63, 3.8) is 0 Å². The van der Waals surface area contributed by atoms with Crippen LogP contribution in [0.25, 0.3) is 0 Å². The minimum absolute atomic E-state index is 0.0773. The molecule has 2 amide bonds. The highest BCUT2D eigenvalue weighted by Crippen LogP contribution is 2.20. The first-order chi connectivity index (χ1) is 8.72. The van der Waals surface area contributed by atoms with E-state index in [1.54, 1.807) is 0 Å². The molecule has 0 radical (unpaired) electrons. The summed E-state index contributed by atoms with van der Waals surface area (Å²) < 4.78 is 5.07. The van der Waals surface area contributed by atoms with Crippen LogP contribution in [-0.2, 0) is 0 Å². The van der Waals surface area contributed by atoms with E-state index in [1.807, 2.05) is 17.9 Å². The summed E-state index contributed by atoms with van der Waals surface area (Å²) in [6, 6.07) is 2.43. The molecule has 1 aromatic rings. The SMILES string of the molecule is Cc1cc(N2CCN(C(=O)NC3CC3)CC2)no1. The minimum Gasteiger partial charge on any atom is -0.360 e. The Balaban J connectivity index is 1.52. The Morgan fingerprint density at radius 2 is 2.11 bits per heavy atom. The number of nitrogens with one attached hydrogen (secondary N) is 1. The molecule has 0 spiro atoms. The van der Waals surface area contributed by atoms with E-state index >= 15 is 0 Å². The molecule has 0 aromatic carbocycles. The van der Waals surface area contributed by atoms with Gasteiger partial charge in [-0.25, -0.2) is 4.79 Å². The Morgan fingerprint density at radius 3 is 2.67 bits per heavy atom. The molecule has 1 aliphatic heterocycles. The van der Waals surface area contributed by atoms with Crippen molar-refractivity contribution in [3.8, 4) is 0 Å². The average molecular weight is 250 g/mol. The van der Waals surface area contributed by atoms with Gasteiger partial charge in [0.1, 0.15) is 5.76 Å². The lowest BCUT2D eigenvalue weighted by molar-refractivity contribution is 0.193. The number of hydrogen-bond acceptors (Lipinski definition) is 4. The highest BCUT2D eigenvalue weighted by atomic mass is 16.5. The van der Waals surface area contributed by atoms with Crippen LogP contribution in [0.2, 0.25) is 0 Å². The fourth-order valence-corrected chi connectivity index (χ4v) is 2.13. The fraction of sp³-hybridized carbons (Fsp3) is 0.667. The fourth-order valence-electron chi connectivity index (χ4n) is 2.13. The van der Waals surface area contributed by atoms with E-state index in [0.29, 0.717) is 6.04 Å². The van der Waals surface area contributed by atoms with E-state index in [1.165, 1.54) is 0 Å². The number of nitrogens with zero attached hydrogens (tertiary/aromatic N) is 3. The smallest absolute Gasteiger partial charge is 0.317 e. The van der Waals surface area contributed by atoms with Gasteiger partial charge < -0.3 is 19.6 Å². The molecule has 0 bridgehead atoms. The van der Waals surface area contributed by atoms with Gasteiger partial charge in [-0.3, -0.25) is 0 Å². The molecule has 0 unspecified atom stereocenters. The van der Waals surface area contributed by atoms with Gasteiger partial charge in [-0.15, -0.1) is 0 Å². The molecular weight excluding hydrogens is 232 g/mol. The maximum atomic E-state index is 11.9. The van der Waals surface area contributed by atoms with Gasteiger partial charge in [0.15, 0.2) is 5.82 Å². The van der Waals surface area contributed by atoms with Crippen molar-refractivity contribution in [2.75, 3.05) is 31.1 Å². The van der Waals surface area contributed by atoms with Crippen molar-refractivity contribution in [3.05, 3.63) is 11.8 Å². The number of amides is 2. The summed E-state index contributed by atoms with van der Waals surface area (Å²) in [5.74, 6) is 1.69. The monoisotopic (exact) mass is 250 g/mol. The third-order valence-electron chi connectivity index (χ3n) is 3.41. The second-order valence-corrected chi connectivity index (χ2v) is 4.99. The first kappa shape index (κ1) is 11.4. The summed E-state index contributed by atoms with van der Waals surface area (Å²) in [5.41, 5.74) is 0. The van der Waals surface area contributed by atoms with E-state index in [9.17, 15) is 4.79 Å². The molecule has 2 aliphatic rings. The Hall–Kier alpha value is -1.72. The van der Waals surface area contributed by atoms with Crippen molar-refractivity contribution in [1.29, 1.82) is 0 Å². The highest BCUT2D eigenvalue weighted by molar-refractivity contribution is 5.75. The van der Waals surface area contributed by atoms with Gasteiger partial charge in [-0.1, -0.05) is 5.16 Å². The zero-order valence-electron chi connectivity index (χ0n) is 10.6. The lowest BCUT2D eigenvalue weighted by atomic mass is 10.3. The Morgan fingerprint density at radius 1 is 1.39 bits per heavy atom. The summed E-state index contributed by atoms with van der Waals surface area (Å²) in [7, 11) is 0. The number of hydrogen-bond donors (Lipinski definition) is 1. The molecule has 1 saturated heterocycles. The topological polar surface area (TPSA) is 61.6 Å². The van der Waals surface area contributed by atoms with Gasteiger partial charge in [-0.2, -0.15) is 0 Å². The molecular formula is C12H18N4O2. The Kier molecular flexibility index (Phi) is 2.85. The molecule has 1 saturated carbocycles. The lowest BCUT2D eigenvalue weighted by Crippen LogP contribution is -2.52. The van der Waals surface area contributed by atoms with Crippen molar-refractivity contribution in [2.45, 2.75) is 25.8 Å². The number of rotatable bonds is 2. The van der Waals surface area contributed by atoms with Crippen molar-refractivity contribution < 1.29 is 9.32 Å². The molecule has 6 nitrogen and oxygen atoms in total. The molecule has 1 N–H and O–H groups in total. The minimum atomic E-state index is 0.0773. The number of carbonyl (C=O) groups is 1. The second-order valence-electron chi connectivity index (χ2n) is 4.99. The van der Waals surface area contributed by atoms with Crippen molar-refractivity contribution in [1.82, 2.24) is 15.4 Å². The molecule has 2 heterocycles. The normalized spacial score (nSPS) is 20.1. The first-order valence-corrected chi connectivity index (χ1v) is 6.46. The van der Waals surface area contributed by atoms with Crippen molar-refractivity contribution in [2.24, 2.45) is 0 Å². The Bertz CT molecular complexity index is 433. The van der Waals surface area contributed by atoms with Crippen LogP contribution < -0.4 is 10.2 Å². The number of anilines is 1. The van der Waals surface area contributed by atoms with Crippen LogP contribution in [-0.4, -0.2) is 48.3 Å². The number of carbonyl (C=O) groups excluding carboxylic acids is 1. The van der Waals surface area contributed by atoms with E-state index in [-0.39, 0.29) is 6.03 Å². The third-order valence-corrected chi connectivity index (χ3v) is 3.41. The zero-order chi connectivity index (χ0) is 12.5. The molecule has 1 aliphatic carbocycles. The predicted octanol–water partition coefficient (Wildman–Crippen LogP) is 0.977.